The van der Waals surface area contributed by atoms with Gasteiger partial charge in [0.25, 0.3) is 0 Å². The summed E-state index contributed by atoms with van der Waals surface area (Å²) in [5.74, 6) is -0.878. The fourth-order valence-electron chi connectivity index (χ4n) is 1.86. The van der Waals surface area contributed by atoms with E-state index in [1.807, 2.05) is 0 Å². The molecule has 1 aromatic carbocycles. The van der Waals surface area contributed by atoms with Crippen LogP contribution >= 0.6 is 0 Å². The zero-order valence-electron chi connectivity index (χ0n) is 13.9. The molecule has 1 aromatic rings. The van der Waals surface area contributed by atoms with Gasteiger partial charge in [0.2, 0.25) is 0 Å². The van der Waals surface area contributed by atoms with Crippen LogP contribution in [0.4, 0.5) is 18.0 Å². The molecule has 9 heteroatoms. The Hall–Kier alpha value is -2.58. The molecule has 25 heavy (non-hydrogen) atoms. The minimum absolute atomic E-state index is 0.0549. The molecule has 1 amide bonds. The van der Waals surface area contributed by atoms with Gasteiger partial charge in [0.1, 0.15) is 5.60 Å². The van der Waals surface area contributed by atoms with Gasteiger partial charge in [-0.1, -0.05) is 5.16 Å². The molecule has 1 fully saturated rings. The minimum Gasteiger partial charge on any atom is -0.444 e. The second-order valence-corrected chi connectivity index (χ2v) is 6.45. The van der Waals surface area contributed by atoms with Gasteiger partial charge in [0.15, 0.2) is 0 Å². The number of alkyl halides is 3. The number of oxime groups is 1. The third-order valence-electron chi connectivity index (χ3n) is 3.10. The summed E-state index contributed by atoms with van der Waals surface area (Å²) in [7, 11) is 0. The average Bonchev–Trinajstić information content (AvgIpc) is 2.42. The number of nitrogens with zero attached hydrogens (tertiary/aromatic N) is 2. The topological polar surface area (TPSA) is 68.2 Å². The van der Waals surface area contributed by atoms with Gasteiger partial charge in [0, 0.05) is 0 Å². The summed E-state index contributed by atoms with van der Waals surface area (Å²) >= 11 is 0. The van der Waals surface area contributed by atoms with Crippen molar-refractivity contribution in [3.63, 3.8) is 0 Å². The summed E-state index contributed by atoms with van der Waals surface area (Å²) in [4.78, 5) is 29.5. The highest BCUT2D eigenvalue weighted by atomic mass is 19.4. The highest BCUT2D eigenvalue weighted by molar-refractivity contribution is 5.99. The molecule has 0 bridgehead atoms. The smallest absolute Gasteiger partial charge is 0.416 e. The van der Waals surface area contributed by atoms with Crippen molar-refractivity contribution in [3.8, 4) is 0 Å². The quantitative estimate of drug-likeness (QED) is 0.600. The standard InChI is InChI=1S/C16H17F3N2O4/c1-15(2,3)24-14(23)21-8-12(9-21)20-25-13(22)10-4-6-11(7-5-10)16(17,18)19/h4-7H,8-9H2,1-3H3. The number of rotatable bonds is 2. The van der Waals surface area contributed by atoms with Crippen LogP contribution in [0.1, 0.15) is 36.7 Å². The maximum atomic E-state index is 12.5. The molecule has 1 heterocycles. The van der Waals surface area contributed by atoms with E-state index in [1.54, 1.807) is 20.8 Å². The molecule has 136 valence electrons. The molecule has 0 radical (unpaired) electrons. The van der Waals surface area contributed by atoms with Crippen LogP contribution in [0, 0.1) is 0 Å². The average molecular weight is 358 g/mol. The van der Waals surface area contributed by atoms with Crippen LogP contribution in [-0.4, -0.2) is 41.4 Å². The Labute approximate surface area is 142 Å². The fraction of sp³-hybridized carbons (Fsp3) is 0.438. The lowest BCUT2D eigenvalue weighted by Crippen LogP contribution is -2.52. The Morgan fingerprint density at radius 1 is 1.08 bits per heavy atom. The van der Waals surface area contributed by atoms with Crippen LogP contribution in [0.3, 0.4) is 0 Å². The maximum absolute atomic E-state index is 12.5. The van der Waals surface area contributed by atoms with Crippen molar-refractivity contribution in [2.24, 2.45) is 5.16 Å². The van der Waals surface area contributed by atoms with Crippen molar-refractivity contribution in [1.29, 1.82) is 0 Å². The first-order valence-electron chi connectivity index (χ1n) is 7.38. The number of amides is 1. The molecule has 1 saturated heterocycles. The molecule has 0 unspecified atom stereocenters. The number of halogens is 3. The van der Waals surface area contributed by atoms with E-state index >= 15 is 0 Å². The van der Waals surface area contributed by atoms with E-state index in [4.69, 9.17) is 4.74 Å². The summed E-state index contributed by atoms with van der Waals surface area (Å²) in [6.45, 7) is 5.55. The summed E-state index contributed by atoms with van der Waals surface area (Å²) in [5.41, 5.74) is -1.08. The van der Waals surface area contributed by atoms with Gasteiger partial charge in [-0.25, -0.2) is 9.59 Å². The predicted octanol–water partition coefficient (Wildman–Crippen LogP) is 3.47. The van der Waals surface area contributed by atoms with Gasteiger partial charge in [-0.05, 0) is 45.0 Å². The SMILES string of the molecule is CC(C)(C)OC(=O)N1CC(=NOC(=O)c2ccc(C(F)(F)F)cc2)C1. The van der Waals surface area contributed by atoms with Gasteiger partial charge < -0.3 is 9.57 Å². The van der Waals surface area contributed by atoms with E-state index in [9.17, 15) is 22.8 Å². The third kappa shape index (κ3) is 5.20. The van der Waals surface area contributed by atoms with Gasteiger partial charge in [-0.15, -0.1) is 0 Å². The molecule has 6 nitrogen and oxygen atoms in total. The first-order valence-corrected chi connectivity index (χ1v) is 7.38. The first kappa shape index (κ1) is 18.8. The number of carbonyl (C=O) groups excluding carboxylic acids is 2. The fourth-order valence-corrected chi connectivity index (χ4v) is 1.86. The number of carbonyl (C=O) groups is 2. The van der Waals surface area contributed by atoms with E-state index in [-0.39, 0.29) is 18.7 Å². The molecule has 0 aromatic heterocycles. The number of benzene rings is 1. The minimum atomic E-state index is -4.47. The highest BCUT2D eigenvalue weighted by Crippen LogP contribution is 2.29. The van der Waals surface area contributed by atoms with E-state index in [1.165, 1.54) is 4.90 Å². The van der Waals surface area contributed by atoms with Crippen LogP contribution in [0.15, 0.2) is 29.4 Å². The molecule has 1 aliphatic heterocycles. The number of ether oxygens (including phenoxy) is 1. The number of hydrogen-bond donors (Lipinski definition) is 0. The Balaban J connectivity index is 1.85. The van der Waals surface area contributed by atoms with Crippen molar-refractivity contribution < 1.29 is 32.3 Å². The maximum Gasteiger partial charge on any atom is 0.416 e. The van der Waals surface area contributed by atoms with Crippen molar-refractivity contribution in [2.45, 2.75) is 32.5 Å². The van der Waals surface area contributed by atoms with Crippen molar-refractivity contribution in [2.75, 3.05) is 13.1 Å². The summed E-state index contributed by atoms with van der Waals surface area (Å²) in [5, 5.41) is 3.60. The van der Waals surface area contributed by atoms with E-state index in [0.717, 1.165) is 24.3 Å². The Kier molecular flexibility index (Phi) is 5.05. The van der Waals surface area contributed by atoms with Crippen LogP contribution in [0.5, 0.6) is 0 Å². The third-order valence-corrected chi connectivity index (χ3v) is 3.10. The molecular weight excluding hydrogens is 341 g/mol. The molecule has 0 N–H and O–H groups in total. The van der Waals surface area contributed by atoms with Gasteiger partial charge in [0.05, 0.1) is 29.9 Å². The molecule has 1 aliphatic rings. The van der Waals surface area contributed by atoms with Crippen LogP contribution < -0.4 is 0 Å². The molecular formula is C16H17F3N2O4. The van der Waals surface area contributed by atoms with E-state index < -0.39 is 29.4 Å². The second-order valence-electron chi connectivity index (χ2n) is 6.45. The predicted molar refractivity (Wildman–Crippen MR) is 82.1 cm³/mol. The normalized spacial score (nSPS) is 14.6. The van der Waals surface area contributed by atoms with Crippen molar-refractivity contribution >= 4 is 17.8 Å². The van der Waals surface area contributed by atoms with Gasteiger partial charge >= 0.3 is 18.2 Å². The van der Waals surface area contributed by atoms with Gasteiger partial charge in [-0.2, -0.15) is 13.2 Å². The zero-order valence-corrected chi connectivity index (χ0v) is 13.9. The highest BCUT2D eigenvalue weighted by Gasteiger charge is 2.32. The van der Waals surface area contributed by atoms with E-state index in [2.05, 4.69) is 9.99 Å². The molecule has 0 saturated carbocycles. The lowest BCUT2D eigenvalue weighted by Gasteiger charge is -2.33. The summed E-state index contributed by atoms with van der Waals surface area (Å²) < 4.78 is 42.5. The summed E-state index contributed by atoms with van der Waals surface area (Å²) in [6, 6.07) is 3.60. The molecule has 0 spiro atoms. The van der Waals surface area contributed by atoms with Crippen LogP contribution in [0.25, 0.3) is 0 Å². The Morgan fingerprint density at radius 3 is 2.12 bits per heavy atom. The number of likely N-dealkylation sites (tertiary alicyclic amines) is 1. The van der Waals surface area contributed by atoms with Gasteiger partial charge in [-0.3, -0.25) is 4.90 Å². The molecule has 0 atom stereocenters. The van der Waals surface area contributed by atoms with Crippen molar-refractivity contribution in [3.05, 3.63) is 35.4 Å². The lowest BCUT2D eigenvalue weighted by molar-refractivity contribution is -0.137. The zero-order chi connectivity index (χ0) is 18.8. The summed E-state index contributed by atoms with van der Waals surface area (Å²) in [6.07, 6.45) is -4.97. The second kappa shape index (κ2) is 6.73. The lowest BCUT2D eigenvalue weighted by atomic mass is 10.1. The van der Waals surface area contributed by atoms with Crippen molar-refractivity contribution in [1.82, 2.24) is 4.90 Å². The largest absolute Gasteiger partial charge is 0.444 e. The Bertz CT molecular complexity index is 683. The molecule has 2 rings (SSSR count). The van der Waals surface area contributed by atoms with Crippen LogP contribution in [0.2, 0.25) is 0 Å². The molecule has 0 aliphatic carbocycles. The first-order chi connectivity index (χ1) is 11.5. The van der Waals surface area contributed by atoms with Crippen LogP contribution in [-0.2, 0) is 15.8 Å². The number of hydrogen-bond acceptors (Lipinski definition) is 5. The monoisotopic (exact) mass is 358 g/mol. The van der Waals surface area contributed by atoms with E-state index in [0.29, 0.717) is 5.71 Å². The Morgan fingerprint density at radius 2 is 1.64 bits per heavy atom.